The van der Waals surface area contributed by atoms with Crippen molar-refractivity contribution in [3.05, 3.63) is 58.3 Å². The summed E-state index contributed by atoms with van der Waals surface area (Å²) in [6, 6.07) is 12.5. The molecule has 0 heterocycles. The number of methoxy groups -OCH3 is 1. The van der Waals surface area contributed by atoms with Crippen LogP contribution in [0, 0.1) is 5.82 Å². The summed E-state index contributed by atoms with van der Waals surface area (Å²) in [6.45, 7) is 0.296. The first-order valence-electron chi connectivity index (χ1n) is 5.41. The predicted octanol–water partition coefficient (Wildman–Crippen LogP) is 4.18. The van der Waals surface area contributed by atoms with Gasteiger partial charge in [-0.3, -0.25) is 0 Å². The van der Waals surface area contributed by atoms with E-state index in [0.717, 1.165) is 5.56 Å². The maximum atomic E-state index is 13.7. The topological polar surface area (TPSA) is 18.5 Å². The summed E-state index contributed by atoms with van der Waals surface area (Å²) < 4.78 is 25.0. The maximum Gasteiger partial charge on any atom is 0.198 e. The highest BCUT2D eigenvalue weighted by Gasteiger charge is 2.14. The summed E-state index contributed by atoms with van der Waals surface area (Å²) in [6.07, 6.45) is 0. The highest BCUT2D eigenvalue weighted by atomic mass is 79.9. The molecule has 2 aromatic carbocycles. The highest BCUT2D eigenvalue weighted by Crippen LogP contribution is 2.37. The van der Waals surface area contributed by atoms with E-state index in [1.54, 1.807) is 6.07 Å². The van der Waals surface area contributed by atoms with Crippen LogP contribution in [0.1, 0.15) is 5.56 Å². The minimum atomic E-state index is -0.439. The molecule has 0 aliphatic rings. The third-order valence-corrected chi connectivity index (χ3v) is 3.07. The Hall–Kier alpha value is -1.55. The van der Waals surface area contributed by atoms with E-state index in [0.29, 0.717) is 16.8 Å². The first-order chi connectivity index (χ1) is 8.72. The highest BCUT2D eigenvalue weighted by molar-refractivity contribution is 9.10. The van der Waals surface area contributed by atoms with E-state index in [-0.39, 0.29) is 5.75 Å². The Balaban J connectivity index is 2.21. The van der Waals surface area contributed by atoms with Crippen molar-refractivity contribution < 1.29 is 13.9 Å². The first kappa shape index (κ1) is 12.9. The molecule has 0 unspecified atom stereocenters. The van der Waals surface area contributed by atoms with Crippen molar-refractivity contribution in [1.82, 2.24) is 0 Å². The molecule has 0 aliphatic heterocycles. The quantitative estimate of drug-likeness (QED) is 0.843. The van der Waals surface area contributed by atoms with Gasteiger partial charge in [-0.2, -0.15) is 0 Å². The molecule has 0 N–H and O–H groups in total. The Morgan fingerprint density at radius 2 is 1.78 bits per heavy atom. The van der Waals surface area contributed by atoms with Gasteiger partial charge in [0.1, 0.15) is 6.61 Å². The minimum Gasteiger partial charge on any atom is -0.492 e. The summed E-state index contributed by atoms with van der Waals surface area (Å²) in [7, 11) is 1.48. The number of hydrogen-bond acceptors (Lipinski definition) is 2. The average Bonchev–Trinajstić information content (AvgIpc) is 2.41. The molecule has 0 radical (unpaired) electrons. The number of benzene rings is 2. The Labute approximate surface area is 113 Å². The summed E-state index contributed by atoms with van der Waals surface area (Å²) in [5.41, 5.74) is 0.971. The molecular weight excluding hydrogens is 299 g/mol. The molecule has 0 aliphatic carbocycles. The number of ether oxygens (including phenoxy) is 2. The van der Waals surface area contributed by atoms with Gasteiger partial charge in [0.25, 0.3) is 0 Å². The Morgan fingerprint density at radius 1 is 1.06 bits per heavy atom. The summed E-state index contributed by atoms with van der Waals surface area (Å²) >= 11 is 3.30. The molecule has 0 spiro atoms. The number of rotatable bonds is 4. The van der Waals surface area contributed by atoms with Crippen molar-refractivity contribution in [2.24, 2.45) is 0 Å². The molecule has 18 heavy (non-hydrogen) atoms. The lowest BCUT2D eigenvalue weighted by molar-refractivity contribution is 0.269. The van der Waals surface area contributed by atoms with E-state index in [9.17, 15) is 4.39 Å². The van der Waals surface area contributed by atoms with Crippen LogP contribution in [0.5, 0.6) is 11.5 Å². The summed E-state index contributed by atoms with van der Waals surface area (Å²) in [5, 5.41) is 0. The van der Waals surface area contributed by atoms with Crippen LogP contribution in [-0.4, -0.2) is 7.11 Å². The molecule has 0 bridgehead atoms. The predicted molar refractivity (Wildman–Crippen MR) is 71.4 cm³/mol. The zero-order valence-electron chi connectivity index (χ0n) is 9.82. The van der Waals surface area contributed by atoms with Crippen LogP contribution in [-0.2, 0) is 6.61 Å². The van der Waals surface area contributed by atoms with Gasteiger partial charge >= 0.3 is 0 Å². The molecule has 2 rings (SSSR count). The van der Waals surface area contributed by atoms with Gasteiger partial charge in [-0.05, 0) is 33.6 Å². The second-order valence-corrected chi connectivity index (χ2v) is 4.52. The van der Waals surface area contributed by atoms with Crippen LogP contribution >= 0.6 is 15.9 Å². The van der Waals surface area contributed by atoms with E-state index in [2.05, 4.69) is 15.9 Å². The Kier molecular flexibility index (Phi) is 4.20. The van der Waals surface area contributed by atoms with Crippen LogP contribution in [0.25, 0.3) is 0 Å². The lowest BCUT2D eigenvalue weighted by Crippen LogP contribution is -2.00. The fourth-order valence-electron chi connectivity index (χ4n) is 1.57. The van der Waals surface area contributed by atoms with Gasteiger partial charge in [-0.25, -0.2) is 4.39 Å². The van der Waals surface area contributed by atoms with Gasteiger partial charge in [0, 0.05) is 0 Å². The number of halogens is 2. The standard InChI is InChI=1S/C14H12BrFO2/c1-17-13-11(15)7-8-12(16)14(13)18-9-10-5-3-2-4-6-10/h2-8H,9H2,1H3. The molecule has 2 nitrogen and oxygen atoms in total. The van der Waals surface area contributed by atoms with Crippen LogP contribution in [0.3, 0.4) is 0 Å². The average molecular weight is 311 g/mol. The molecule has 0 atom stereocenters. The van der Waals surface area contributed by atoms with Gasteiger partial charge in [-0.1, -0.05) is 30.3 Å². The third-order valence-electron chi connectivity index (χ3n) is 2.45. The Morgan fingerprint density at radius 3 is 2.44 bits per heavy atom. The van der Waals surface area contributed by atoms with Crippen LogP contribution in [0.4, 0.5) is 4.39 Å². The van der Waals surface area contributed by atoms with Crippen molar-refractivity contribution in [3.63, 3.8) is 0 Å². The lowest BCUT2D eigenvalue weighted by Gasteiger charge is -2.12. The smallest absolute Gasteiger partial charge is 0.198 e. The summed E-state index contributed by atoms with van der Waals surface area (Å²) in [4.78, 5) is 0. The first-order valence-corrected chi connectivity index (χ1v) is 6.20. The van der Waals surface area contributed by atoms with E-state index >= 15 is 0 Å². The van der Waals surface area contributed by atoms with Gasteiger partial charge in [0.15, 0.2) is 17.3 Å². The Bertz CT molecular complexity index is 529. The van der Waals surface area contributed by atoms with Crippen molar-refractivity contribution in [2.45, 2.75) is 6.61 Å². The van der Waals surface area contributed by atoms with Gasteiger partial charge < -0.3 is 9.47 Å². The third kappa shape index (κ3) is 2.82. The zero-order valence-corrected chi connectivity index (χ0v) is 11.4. The molecule has 0 saturated carbocycles. The van der Waals surface area contributed by atoms with Gasteiger partial charge in [-0.15, -0.1) is 0 Å². The fourth-order valence-corrected chi connectivity index (χ4v) is 2.04. The van der Waals surface area contributed by atoms with Crippen molar-refractivity contribution in [3.8, 4) is 11.5 Å². The van der Waals surface area contributed by atoms with Crippen LogP contribution in [0.15, 0.2) is 46.9 Å². The SMILES string of the molecule is COc1c(Br)ccc(F)c1OCc1ccccc1. The minimum absolute atomic E-state index is 0.121. The largest absolute Gasteiger partial charge is 0.492 e. The van der Waals surface area contributed by atoms with Gasteiger partial charge in [0.05, 0.1) is 11.6 Å². The van der Waals surface area contributed by atoms with Crippen LogP contribution < -0.4 is 9.47 Å². The zero-order chi connectivity index (χ0) is 13.0. The van der Waals surface area contributed by atoms with Crippen molar-refractivity contribution in [1.29, 1.82) is 0 Å². The monoisotopic (exact) mass is 310 g/mol. The molecule has 0 fully saturated rings. The van der Waals surface area contributed by atoms with Crippen molar-refractivity contribution in [2.75, 3.05) is 7.11 Å². The fraction of sp³-hybridized carbons (Fsp3) is 0.143. The van der Waals surface area contributed by atoms with Crippen LogP contribution in [0.2, 0.25) is 0 Å². The molecule has 0 saturated heterocycles. The molecule has 94 valence electrons. The maximum absolute atomic E-state index is 13.7. The lowest BCUT2D eigenvalue weighted by atomic mass is 10.2. The van der Waals surface area contributed by atoms with E-state index in [1.807, 2.05) is 30.3 Å². The van der Waals surface area contributed by atoms with Crippen molar-refractivity contribution >= 4 is 15.9 Å². The van der Waals surface area contributed by atoms with E-state index < -0.39 is 5.82 Å². The van der Waals surface area contributed by atoms with E-state index in [1.165, 1.54) is 13.2 Å². The molecular formula is C14H12BrFO2. The second-order valence-electron chi connectivity index (χ2n) is 3.67. The summed E-state index contributed by atoms with van der Waals surface area (Å²) in [5.74, 6) is 0.0487. The van der Waals surface area contributed by atoms with E-state index in [4.69, 9.17) is 9.47 Å². The molecule has 2 aromatic rings. The van der Waals surface area contributed by atoms with Gasteiger partial charge in [0.2, 0.25) is 0 Å². The number of hydrogen-bond donors (Lipinski definition) is 0. The molecule has 4 heteroatoms. The second kappa shape index (κ2) is 5.87. The normalized spacial score (nSPS) is 10.2. The molecule has 0 amide bonds. The molecule has 0 aromatic heterocycles.